The van der Waals surface area contributed by atoms with Crippen LogP contribution in [0.1, 0.15) is 29.2 Å². The highest BCUT2D eigenvalue weighted by Gasteiger charge is 2.17. The number of aromatic amines is 4. The maximum Gasteiger partial charge on any atom is 0.193 e. The summed E-state index contributed by atoms with van der Waals surface area (Å²) in [4.78, 5) is 18.5. The first kappa shape index (κ1) is 53.1. The zero-order valence-electron chi connectivity index (χ0n) is 27.6. The second kappa shape index (κ2) is 27.6. The van der Waals surface area contributed by atoms with Gasteiger partial charge in [0.1, 0.15) is 0 Å². The molecule has 23 nitrogen and oxygen atoms in total. The third-order valence-electron chi connectivity index (χ3n) is 5.62. The normalized spacial score (nSPS) is 11.3. The molecule has 0 bridgehead atoms. The average Bonchev–Trinajstić information content (AvgIpc) is 3.00. The molecule has 6 N–H and O–H groups in total. The van der Waals surface area contributed by atoms with Gasteiger partial charge in [0.05, 0.1) is 26.2 Å². The van der Waals surface area contributed by atoms with E-state index in [0.29, 0.717) is 0 Å². The second-order valence-electron chi connectivity index (χ2n) is 9.84. The van der Waals surface area contributed by atoms with Crippen molar-refractivity contribution in [3.8, 4) is 0 Å². The van der Waals surface area contributed by atoms with Crippen LogP contribution in [0.5, 0.6) is 0 Å². The van der Waals surface area contributed by atoms with Crippen molar-refractivity contribution in [2.24, 2.45) is 0 Å². The van der Waals surface area contributed by atoms with Crippen molar-refractivity contribution >= 4 is 0 Å². The van der Waals surface area contributed by atoms with E-state index in [2.05, 4.69) is 78.3 Å². The van der Waals surface area contributed by atoms with Crippen molar-refractivity contribution in [3.63, 3.8) is 0 Å². The molecule has 0 amide bonds. The van der Waals surface area contributed by atoms with Crippen LogP contribution < -0.4 is 94.5 Å². The number of hydrogen-bond donors (Lipinski definition) is 0. The lowest BCUT2D eigenvalue weighted by Crippen LogP contribution is -2.68. The molecule has 0 aliphatic rings. The van der Waals surface area contributed by atoms with Crippen LogP contribution in [0.4, 0.5) is 0 Å². The molecule has 304 valence electrons. The van der Waals surface area contributed by atoms with Crippen molar-refractivity contribution in [3.05, 3.63) is 120 Å². The van der Waals surface area contributed by atoms with E-state index in [9.17, 15) is 0 Å². The number of rotatable bonds is 12. The lowest BCUT2D eigenvalue weighted by Gasteiger charge is -2.22. The van der Waals surface area contributed by atoms with Gasteiger partial charge in [0.25, 0.3) is 0 Å². The number of H-pyrrole nitrogens is 4. The fourth-order valence-electron chi connectivity index (χ4n) is 4.03. The molecule has 0 aromatic carbocycles. The highest BCUT2D eigenvalue weighted by Crippen LogP contribution is 2.09. The second-order valence-corrected chi connectivity index (χ2v) is 12.9. The van der Waals surface area contributed by atoms with Gasteiger partial charge in [0.15, 0.2) is 47.6 Å². The van der Waals surface area contributed by atoms with E-state index in [-0.39, 0.29) is 5.48 Å². The van der Waals surface area contributed by atoms with E-state index in [4.69, 9.17) is 74.5 Å². The van der Waals surface area contributed by atoms with Crippen molar-refractivity contribution in [2.45, 2.75) is 32.6 Å². The van der Waals surface area contributed by atoms with Gasteiger partial charge < -0.3 is 5.48 Å². The monoisotopic (exact) mass is 856 g/mol. The van der Waals surface area contributed by atoms with E-state index >= 15 is 0 Å². The standard InChI is InChI=1S/C27H30N6.4ClHO4.H2O/c1-5-14-28-24(10-1)20-32(21-25-11-2-6-15-29-25)18-9-19-33(22-26-12-3-7-16-30-26)23-27-13-4-8-17-31-27;4*2-1(3,4)5;/h1-8,10-17H,9,18-23H2;4*(H,2,3,4,5);1H2. The Morgan fingerprint density at radius 2 is 0.537 bits per heavy atom. The van der Waals surface area contributed by atoms with Crippen molar-refractivity contribution in [1.82, 2.24) is 9.80 Å². The molecule has 0 fully saturated rings. The number of halogens is 4. The summed E-state index contributed by atoms with van der Waals surface area (Å²) >= 11 is 0. The molecular formula is C27H36Cl4N6O17. The van der Waals surface area contributed by atoms with Gasteiger partial charge in [-0.15, -0.1) is 41.0 Å². The van der Waals surface area contributed by atoms with Crippen LogP contribution >= 0.6 is 0 Å². The molecule has 0 atom stereocenters. The van der Waals surface area contributed by atoms with Crippen molar-refractivity contribution in [2.75, 3.05) is 13.1 Å². The maximum absolute atomic E-state index is 8.49. The number of hydrogen-bond acceptors (Lipinski definition) is 18. The highest BCUT2D eigenvalue weighted by molar-refractivity contribution is 5.01. The van der Waals surface area contributed by atoms with Gasteiger partial charge in [-0.05, 0) is 6.42 Å². The van der Waals surface area contributed by atoms with Gasteiger partial charge in [-0.25, -0.2) is 94.5 Å². The number of pyridine rings is 4. The first-order valence-electron chi connectivity index (χ1n) is 14.1. The van der Waals surface area contributed by atoms with Crippen molar-refractivity contribution in [1.29, 1.82) is 0 Å². The summed E-state index contributed by atoms with van der Waals surface area (Å²) in [5.74, 6) is 0. The van der Waals surface area contributed by atoms with Crippen LogP contribution in [-0.4, -0.2) is 28.4 Å². The van der Waals surface area contributed by atoms with E-state index in [1.807, 2.05) is 49.1 Å². The summed E-state index contributed by atoms with van der Waals surface area (Å²) in [5, 5.41) is 0. The predicted octanol–water partition coefficient (Wildman–Crippen LogP) is -17.8. The Hall–Kier alpha value is -3.00. The molecule has 0 aliphatic carbocycles. The highest BCUT2D eigenvalue weighted by atomic mass is 35.7. The van der Waals surface area contributed by atoms with Crippen LogP contribution in [0.3, 0.4) is 0 Å². The molecule has 0 unspecified atom stereocenters. The molecule has 4 heterocycles. The van der Waals surface area contributed by atoms with Gasteiger partial charge in [-0.2, -0.15) is 0 Å². The lowest BCUT2D eigenvalue weighted by molar-refractivity contribution is -2.00. The Balaban J connectivity index is 0. The molecule has 0 saturated carbocycles. The van der Waals surface area contributed by atoms with Gasteiger partial charge in [-0.1, -0.05) is 24.3 Å². The summed E-state index contributed by atoms with van der Waals surface area (Å²) < 4.78 is 136. The molecule has 0 aliphatic heterocycles. The Bertz CT molecular complexity index is 1220. The van der Waals surface area contributed by atoms with Crippen molar-refractivity contribution < 1.29 is 141 Å². The Labute approximate surface area is 316 Å². The molecule has 0 spiro atoms. The van der Waals surface area contributed by atoms with Gasteiger partial charge in [0.2, 0.25) is 0 Å². The summed E-state index contributed by atoms with van der Waals surface area (Å²) in [6, 6.07) is 25.1. The molecule has 27 heteroatoms. The first-order chi connectivity index (χ1) is 24.3. The van der Waals surface area contributed by atoms with E-state index in [0.717, 1.165) is 45.7 Å². The van der Waals surface area contributed by atoms with Crippen LogP contribution in [-0.2, 0) is 26.2 Å². The average molecular weight is 858 g/mol. The molecule has 4 aromatic rings. The van der Waals surface area contributed by atoms with Crippen LogP contribution in [0.2, 0.25) is 0 Å². The summed E-state index contributed by atoms with van der Waals surface area (Å²) in [6.07, 6.45) is 9.07. The lowest BCUT2D eigenvalue weighted by atomic mass is 10.2. The van der Waals surface area contributed by atoms with Crippen LogP contribution in [0.15, 0.2) is 97.6 Å². The zero-order chi connectivity index (χ0) is 40.6. The minimum atomic E-state index is -4.94. The Kier molecular flexibility index (Phi) is 27.1. The van der Waals surface area contributed by atoms with E-state index in [1.165, 1.54) is 22.8 Å². The third-order valence-corrected chi connectivity index (χ3v) is 5.62. The molecule has 0 saturated heterocycles. The number of nitrogens with zero attached hydrogens (tertiary/aromatic N) is 2. The molecular weight excluding hydrogens is 822 g/mol. The SMILES string of the molecule is O.[O-][Cl+3]([O-])([O-])[O-].[O-][Cl+3]([O-])([O-])[O-].[O-][Cl+3]([O-])([O-])[O-].[O-][Cl+3]([O-])([O-])[O-].c1ccc(CN(CCCN(Cc2cccc[nH+]2)Cc2cccc[nH+]2)Cc2cccc[nH+]2)[nH+]c1. The largest absolute Gasteiger partial charge is 0.412 e. The van der Waals surface area contributed by atoms with Gasteiger partial charge >= 0.3 is 0 Å². The Morgan fingerprint density at radius 1 is 0.352 bits per heavy atom. The van der Waals surface area contributed by atoms with Crippen LogP contribution in [0.25, 0.3) is 0 Å². The van der Waals surface area contributed by atoms with E-state index < -0.39 is 41.0 Å². The maximum atomic E-state index is 8.49. The fraction of sp³-hybridized carbons (Fsp3) is 0.259. The summed E-state index contributed by atoms with van der Waals surface area (Å²) in [7, 11) is -19.8. The first-order valence-corrected chi connectivity index (χ1v) is 19.0. The molecule has 4 rings (SSSR count). The van der Waals surface area contributed by atoms with Gasteiger partial charge in [0, 0.05) is 61.6 Å². The third kappa shape index (κ3) is 43.4. The smallest absolute Gasteiger partial charge is 0.193 e. The summed E-state index contributed by atoms with van der Waals surface area (Å²) in [5.41, 5.74) is 4.90. The van der Waals surface area contributed by atoms with Gasteiger partial charge in [-0.3, -0.25) is 9.80 Å². The number of aromatic nitrogens is 4. The summed E-state index contributed by atoms with van der Waals surface area (Å²) in [6.45, 7) is 5.59. The predicted molar refractivity (Wildman–Crippen MR) is 128 cm³/mol. The quantitative estimate of drug-likeness (QED) is 0.128. The fourth-order valence-corrected chi connectivity index (χ4v) is 4.03. The molecule has 54 heavy (non-hydrogen) atoms. The topological polar surface area (TPSA) is 464 Å². The van der Waals surface area contributed by atoms with E-state index in [1.54, 1.807) is 0 Å². The van der Waals surface area contributed by atoms with Crippen LogP contribution in [0, 0.1) is 41.0 Å². The molecule has 0 radical (unpaired) electrons. The zero-order valence-corrected chi connectivity index (χ0v) is 30.6. The minimum absolute atomic E-state index is 0. The Morgan fingerprint density at radius 3 is 0.685 bits per heavy atom. The molecule has 4 aromatic heterocycles. The number of nitrogens with one attached hydrogen (secondary N) is 4. The minimum Gasteiger partial charge on any atom is -0.412 e.